The van der Waals surface area contributed by atoms with E-state index in [1.54, 1.807) is 0 Å². The van der Waals surface area contributed by atoms with E-state index in [2.05, 4.69) is 26.8 Å². The molecule has 2 unspecified atom stereocenters. The summed E-state index contributed by atoms with van der Waals surface area (Å²) in [6.45, 7) is 6.83. The molecule has 0 bridgehead atoms. The second-order valence-electron chi connectivity index (χ2n) is 6.70. The maximum Gasteiger partial charge on any atom is 0.0595 e. The minimum Gasteiger partial charge on any atom is -0.327 e. The van der Waals surface area contributed by atoms with Crippen molar-refractivity contribution in [3.63, 3.8) is 0 Å². The van der Waals surface area contributed by atoms with Gasteiger partial charge in [0.15, 0.2) is 0 Å². The molecule has 1 aliphatic carbocycles. The standard InChI is InChI=1S/C17H25Cl2N.ClH/c1-11(2)12(3)9-16(20)17(7-4-8-17)13-5-6-14(18)15(19)10-13;/h5-6,10-12,16H,4,7-9,20H2,1-3H3;1H. The van der Waals surface area contributed by atoms with E-state index in [4.69, 9.17) is 28.9 Å². The van der Waals surface area contributed by atoms with Crippen molar-refractivity contribution < 1.29 is 0 Å². The number of benzene rings is 1. The Hall–Kier alpha value is 0.0500. The van der Waals surface area contributed by atoms with Gasteiger partial charge in [0.2, 0.25) is 0 Å². The molecule has 0 aromatic heterocycles. The van der Waals surface area contributed by atoms with Crippen molar-refractivity contribution >= 4 is 35.6 Å². The van der Waals surface area contributed by atoms with Gasteiger partial charge in [-0.25, -0.2) is 0 Å². The zero-order valence-electron chi connectivity index (χ0n) is 13.0. The van der Waals surface area contributed by atoms with Crippen molar-refractivity contribution in [2.24, 2.45) is 17.6 Å². The normalized spacial score (nSPS) is 19.6. The number of rotatable bonds is 5. The predicted molar refractivity (Wildman–Crippen MR) is 95.8 cm³/mol. The van der Waals surface area contributed by atoms with Gasteiger partial charge in [-0.1, -0.05) is 56.5 Å². The van der Waals surface area contributed by atoms with Crippen LogP contribution in [0.25, 0.3) is 0 Å². The summed E-state index contributed by atoms with van der Waals surface area (Å²) >= 11 is 12.2. The van der Waals surface area contributed by atoms with Gasteiger partial charge in [0.25, 0.3) is 0 Å². The third kappa shape index (κ3) is 3.88. The highest BCUT2D eigenvalue weighted by atomic mass is 35.5. The van der Waals surface area contributed by atoms with Crippen molar-refractivity contribution in [3.8, 4) is 0 Å². The lowest BCUT2D eigenvalue weighted by atomic mass is 9.59. The third-order valence-electron chi connectivity index (χ3n) is 5.21. The van der Waals surface area contributed by atoms with E-state index >= 15 is 0 Å². The van der Waals surface area contributed by atoms with Crippen LogP contribution in [0.1, 0.15) is 52.0 Å². The molecule has 1 aromatic carbocycles. The van der Waals surface area contributed by atoms with Gasteiger partial charge in [-0.3, -0.25) is 0 Å². The molecule has 0 heterocycles. The molecule has 1 fully saturated rings. The maximum atomic E-state index is 6.60. The SMILES string of the molecule is CC(C)C(C)CC(N)C1(c2ccc(Cl)c(Cl)c2)CCC1.Cl. The number of hydrogen-bond acceptors (Lipinski definition) is 1. The Kier molecular flexibility index (Phi) is 6.86. The van der Waals surface area contributed by atoms with Crippen molar-refractivity contribution in [3.05, 3.63) is 33.8 Å². The molecule has 120 valence electrons. The third-order valence-corrected chi connectivity index (χ3v) is 5.95. The van der Waals surface area contributed by atoms with Gasteiger partial charge in [-0.2, -0.15) is 0 Å². The molecule has 2 atom stereocenters. The van der Waals surface area contributed by atoms with Crippen LogP contribution in [0, 0.1) is 11.8 Å². The lowest BCUT2D eigenvalue weighted by Crippen LogP contribution is -2.51. The van der Waals surface area contributed by atoms with Crippen LogP contribution in [0.5, 0.6) is 0 Å². The van der Waals surface area contributed by atoms with Gasteiger partial charge in [-0.05, 0) is 48.8 Å². The van der Waals surface area contributed by atoms with E-state index in [1.807, 2.05) is 12.1 Å². The van der Waals surface area contributed by atoms with E-state index in [0.29, 0.717) is 21.9 Å². The fourth-order valence-corrected chi connectivity index (χ4v) is 3.43. The molecule has 0 saturated heterocycles. The Bertz CT molecular complexity index is 469. The zero-order chi connectivity index (χ0) is 14.9. The van der Waals surface area contributed by atoms with Gasteiger partial charge in [0, 0.05) is 11.5 Å². The highest BCUT2D eigenvalue weighted by Gasteiger charge is 2.44. The van der Waals surface area contributed by atoms with Crippen molar-refractivity contribution in [2.75, 3.05) is 0 Å². The fraction of sp³-hybridized carbons (Fsp3) is 0.647. The van der Waals surface area contributed by atoms with E-state index in [0.717, 1.165) is 19.3 Å². The quantitative estimate of drug-likeness (QED) is 0.708. The molecule has 1 aromatic rings. The summed E-state index contributed by atoms with van der Waals surface area (Å²) in [5, 5.41) is 1.26. The summed E-state index contributed by atoms with van der Waals surface area (Å²) in [6.07, 6.45) is 4.65. The molecule has 2 N–H and O–H groups in total. The maximum absolute atomic E-state index is 6.60. The first-order chi connectivity index (χ1) is 9.36. The number of nitrogens with two attached hydrogens (primary N) is 1. The minimum absolute atomic E-state index is 0. The molecule has 0 radical (unpaired) electrons. The van der Waals surface area contributed by atoms with E-state index in [-0.39, 0.29) is 23.9 Å². The van der Waals surface area contributed by atoms with Crippen LogP contribution in [-0.2, 0) is 5.41 Å². The minimum atomic E-state index is 0. The topological polar surface area (TPSA) is 26.0 Å². The summed E-state index contributed by atoms with van der Waals surface area (Å²) in [6, 6.07) is 6.22. The molecule has 0 spiro atoms. The van der Waals surface area contributed by atoms with Crippen LogP contribution in [0.2, 0.25) is 10.0 Å². The van der Waals surface area contributed by atoms with E-state index in [1.165, 1.54) is 12.0 Å². The van der Waals surface area contributed by atoms with Crippen molar-refractivity contribution in [1.82, 2.24) is 0 Å². The Morgan fingerprint density at radius 1 is 1.14 bits per heavy atom. The molecule has 1 saturated carbocycles. The molecule has 0 amide bonds. The van der Waals surface area contributed by atoms with Crippen molar-refractivity contribution in [2.45, 2.75) is 57.9 Å². The second kappa shape index (κ2) is 7.55. The molecule has 1 aliphatic rings. The highest BCUT2D eigenvalue weighted by molar-refractivity contribution is 6.42. The predicted octanol–water partition coefficient (Wildman–Crippen LogP) is 5.85. The average molecular weight is 351 g/mol. The second-order valence-corrected chi connectivity index (χ2v) is 7.52. The molecule has 2 rings (SSSR count). The smallest absolute Gasteiger partial charge is 0.0595 e. The van der Waals surface area contributed by atoms with Gasteiger partial charge in [0.05, 0.1) is 10.0 Å². The Balaban J connectivity index is 0.00000220. The zero-order valence-corrected chi connectivity index (χ0v) is 15.4. The molecule has 4 heteroatoms. The highest BCUT2D eigenvalue weighted by Crippen LogP contribution is 2.48. The van der Waals surface area contributed by atoms with E-state index in [9.17, 15) is 0 Å². The Morgan fingerprint density at radius 3 is 2.19 bits per heavy atom. The number of halogens is 3. The van der Waals surface area contributed by atoms with Crippen LogP contribution in [0.4, 0.5) is 0 Å². The lowest BCUT2D eigenvalue weighted by molar-refractivity contribution is 0.167. The Morgan fingerprint density at radius 2 is 1.76 bits per heavy atom. The summed E-state index contributed by atoms with van der Waals surface area (Å²) < 4.78 is 0. The van der Waals surface area contributed by atoms with Crippen molar-refractivity contribution in [1.29, 1.82) is 0 Å². The van der Waals surface area contributed by atoms with Gasteiger partial charge < -0.3 is 5.73 Å². The van der Waals surface area contributed by atoms with Crippen LogP contribution < -0.4 is 5.73 Å². The van der Waals surface area contributed by atoms with Gasteiger partial charge in [0.1, 0.15) is 0 Å². The van der Waals surface area contributed by atoms with Crippen LogP contribution in [0.15, 0.2) is 18.2 Å². The largest absolute Gasteiger partial charge is 0.327 e. The van der Waals surface area contributed by atoms with Crippen LogP contribution >= 0.6 is 35.6 Å². The van der Waals surface area contributed by atoms with Crippen LogP contribution in [0.3, 0.4) is 0 Å². The number of hydrogen-bond donors (Lipinski definition) is 1. The average Bonchev–Trinajstić information content (AvgIpc) is 2.32. The van der Waals surface area contributed by atoms with Crippen LogP contribution in [-0.4, -0.2) is 6.04 Å². The molecule has 1 nitrogen and oxygen atoms in total. The summed E-state index contributed by atoms with van der Waals surface area (Å²) in [5.74, 6) is 1.32. The first-order valence-corrected chi connectivity index (χ1v) is 8.33. The first-order valence-electron chi connectivity index (χ1n) is 7.58. The Labute approximate surface area is 145 Å². The summed E-state index contributed by atoms with van der Waals surface area (Å²) in [4.78, 5) is 0. The summed E-state index contributed by atoms with van der Waals surface area (Å²) in [5.41, 5.74) is 7.97. The van der Waals surface area contributed by atoms with E-state index < -0.39 is 0 Å². The molecule has 21 heavy (non-hydrogen) atoms. The molecular formula is C17H26Cl3N. The first kappa shape index (κ1) is 19.1. The molecular weight excluding hydrogens is 325 g/mol. The van der Waals surface area contributed by atoms with Gasteiger partial charge >= 0.3 is 0 Å². The lowest BCUT2D eigenvalue weighted by Gasteiger charge is -2.48. The fourth-order valence-electron chi connectivity index (χ4n) is 3.14. The summed E-state index contributed by atoms with van der Waals surface area (Å²) in [7, 11) is 0. The molecule has 0 aliphatic heterocycles. The van der Waals surface area contributed by atoms with Gasteiger partial charge in [-0.15, -0.1) is 12.4 Å². The monoisotopic (exact) mass is 349 g/mol.